The van der Waals surface area contributed by atoms with Crippen molar-refractivity contribution in [1.82, 2.24) is 10.6 Å². The molecule has 1 aliphatic rings. The fraction of sp³-hybridized carbons (Fsp3) is 0.533. The second kappa shape index (κ2) is 7.94. The summed E-state index contributed by atoms with van der Waals surface area (Å²) in [6.45, 7) is 3.68. The maximum Gasteiger partial charge on any atom is 0.223 e. The molecule has 22 heavy (non-hydrogen) atoms. The monoisotopic (exact) mass is 346 g/mol. The predicted octanol–water partition coefficient (Wildman–Crippen LogP) is 1.69. The van der Waals surface area contributed by atoms with E-state index in [4.69, 9.17) is 0 Å². The highest BCUT2D eigenvalue weighted by molar-refractivity contribution is 7.90. The molecule has 2 rings (SSSR count). The first kappa shape index (κ1) is 18.9. The van der Waals surface area contributed by atoms with Crippen LogP contribution in [0.4, 0.5) is 0 Å². The minimum absolute atomic E-state index is 0. The lowest BCUT2D eigenvalue weighted by Crippen LogP contribution is -2.39. The summed E-state index contributed by atoms with van der Waals surface area (Å²) >= 11 is 0. The molecular weight excluding hydrogens is 324 g/mol. The summed E-state index contributed by atoms with van der Waals surface area (Å²) in [4.78, 5) is 12.5. The Bertz CT molecular complexity index is 596. The molecule has 7 heteroatoms. The van der Waals surface area contributed by atoms with Gasteiger partial charge in [-0.05, 0) is 50.6 Å². The molecule has 1 amide bonds. The third-order valence-electron chi connectivity index (χ3n) is 3.88. The van der Waals surface area contributed by atoms with E-state index in [1.165, 1.54) is 6.26 Å². The molecule has 1 fully saturated rings. The van der Waals surface area contributed by atoms with E-state index in [1.54, 1.807) is 24.3 Å². The normalized spacial score (nSPS) is 17.4. The van der Waals surface area contributed by atoms with Crippen molar-refractivity contribution in [2.24, 2.45) is 5.92 Å². The fourth-order valence-electron chi connectivity index (χ4n) is 2.50. The molecule has 0 aliphatic carbocycles. The minimum Gasteiger partial charge on any atom is -0.349 e. The molecule has 0 aromatic heterocycles. The lowest BCUT2D eigenvalue weighted by atomic mass is 9.96. The Morgan fingerprint density at radius 2 is 1.77 bits per heavy atom. The first-order chi connectivity index (χ1) is 9.88. The minimum atomic E-state index is -3.18. The van der Waals surface area contributed by atoms with Crippen molar-refractivity contribution in [2.45, 2.75) is 30.7 Å². The van der Waals surface area contributed by atoms with Gasteiger partial charge in [-0.1, -0.05) is 12.1 Å². The highest BCUT2D eigenvalue weighted by atomic mass is 35.5. The van der Waals surface area contributed by atoms with E-state index in [0.29, 0.717) is 4.90 Å². The van der Waals surface area contributed by atoms with Crippen LogP contribution in [0.3, 0.4) is 0 Å². The van der Waals surface area contributed by atoms with Gasteiger partial charge in [0.2, 0.25) is 5.91 Å². The van der Waals surface area contributed by atoms with Gasteiger partial charge in [0.1, 0.15) is 0 Å². The molecular formula is C15H23ClN2O3S. The topological polar surface area (TPSA) is 75.3 Å². The van der Waals surface area contributed by atoms with Crippen LogP contribution in [-0.4, -0.2) is 33.7 Å². The molecule has 1 aliphatic heterocycles. The van der Waals surface area contributed by atoms with E-state index < -0.39 is 9.84 Å². The van der Waals surface area contributed by atoms with Crippen LogP contribution in [-0.2, 0) is 14.6 Å². The molecule has 2 N–H and O–H groups in total. The zero-order valence-electron chi connectivity index (χ0n) is 12.8. The highest BCUT2D eigenvalue weighted by Gasteiger charge is 2.22. The number of sulfone groups is 1. The SMILES string of the molecule is CC(NC(=O)C1CCNCC1)c1ccc(S(C)(=O)=O)cc1.Cl. The maximum absolute atomic E-state index is 12.2. The number of amides is 1. The smallest absolute Gasteiger partial charge is 0.223 e. The summed E-state index contributed by atoms with van der Waals surface area (Å²) in [7, 11) is -3.18. The lowest BCUT2D eigenvalue weighted by Gasteiger charge is -2.24. The van der Waals surface area contributed by atoms with E-state index in [9.17, 15) is 13.2 Å². The quantitative estimate of drug-likeness (QED) is 0.870. The van der Waals surface area contributed by atoms with E-state index in [1.807, 2.05) is 6.92 Å². The van der Waals surface area contributed by atoms with Gasteiger partial charge in [-0.25, -0.2) is 8.42 Å². The summed E-state index contributed by atoms with van der Waals surface area (Å²) in [6, 6.07) is 6.55. The molecule has 124 valence electrons. The van der Waals surface area contributed by atoms with Crippen LogP contribution >= 0.6 is 12.4 Å². The van der Waals surface area contributed by atoms with Gasteiger partial charge in [-0.3, -0.25) is 4.79 Å². The molecule has 1 aromatic rings. The van der Waals surface area contributed by atoms with Crippen LogP contribution in [0.2, 0.25) is 0 Å². The number of carbonyl (C=O) groups is 1. The molecule has 1 atom stereocenters. The Morgan fingerprint density at radius 3 is 2.27 bits per heavy atom. The number of benzene rings is 1. The van der Waals surface area contributed by atoms with Crippen LogP contribution in [0, 0.1) is 5.92 Å². The van der Waals surface area contributed by atoms with Gasteiger partial charge in [-0.15, -0.1) is 12.4 Å². The molecule has 0 spiro atoms. The van der Waals surface area contributed by atoms with Crippen molar-refractivity contribution in [1.29, 1.82) is 0 Å². The molecule has 1 aromatic carbocycles. The molecule has 0 radical (unpaired) electrons. The maximum atomic E-state index is 12.2. The Labute approximate surface area is 138 Å². The highest BCUT2D eigenvalue weighted by Crippen LogP contribution is 2.18. The van der Waals surface area contributed by atoms with E-state index in [0.717, 1.165) is 31.5 Å². The number of hydrogen-bond acceptors (Lipinski definition) is 4. The number of halogens is 1. The van der Waals surface area contributed by atoms with Gasteiger partial charge in [-0.2, -0.15) is 0 Å². The average Bonchev–Trinajstić information content (AvgIpc) is 2.47. The number of hydrogen-bond donors (Lipinski definition) is 2. The van der Waals surface area contributed by atoms with Crippen LogP contribution in [0.5, 0.6) is 0 Å². The van der Waals surface area contributed by atoms with Crippen molar-refractivity contribution in [3.05, 3.63) is 29.8 Å². The van der Waals surface area contributed by atoms with E-state index in [2.05, 4.69) is 10.6 Å². The van der Waals surface area contributed by atoms with Crippen LogP contribution in [0.1, 0.15) is 31.4 Å². The fourth-order valence-corrected chi connectivity index (χ4v) is 3.13. The third-order valence-corrected chi connectivity index (χ3v) is 5.01. The van der Waals surface area contributed by atoms with Crippen molar-refractivity contribution in [3.8, 4) is 0 Å². The average molecular weight is 347 g/mol. The summed E-state index contributed by atoms with van der Waals surface area (Å²) in [5.41, 5.74) is 0.907. The van der Waals surface area contributed by atoms with Gasteiger partial charge < -0.3 is 10.6 Å². The van der Waals surface area contributed by atoms with Crippen molar-refractivity contribution >= 4 is 28.2 Å². The molecule has 1 heterocycles. The number of rotatable bonds is 4. The second-order valence-corrected chi connectivity index (χ2v) is 7.61. The van der Waals surface area contributed by atoms with Crippen molar-refractivity contribution in [2.75, 3.05) is 19.3 Å². The molecule has 0 saturated carbocycles. The number of carbonyl (C=O) groups excluding carboxylic acids is 1. The Balaban J connectivity index is 0.00000242. The first-order valence-corrected chi connectivity index (χ1v) is 9.08. The summed E-state index contributed by atoms with van der Waals surface area (Å²) in [6.07, 6.45) is 2.92. The molecule has 1 unspecified atom stereocenters. The van der Waals surface area contributed by atoms with Gasteiger partial charge >= 0.3 is 0 Å². The standard InChI is InChI=1S/C15H22N2O3S.ClH/c1-11(17-15(18)13-7-9-16-10-8-13)12-3-5-14(6-4-12)21(2,19)20;/h3-6,11,13,16H,7-10H2,1-2H3,(H,17,18);1H. The predicted molar refractivity (Wildman–Crippen MR) is 89.0 cm³/mol. The van der Waals surface area contributed by atoms with Gasteiger partial charge in [0.05, 0.1) is 10.9 Å². The van der Waals surface area contributed by atoms with E-state index >= 15 is 0 Å². The largest absolute Gasteiger partial charge is 0.349 e. The third kappa shape index (κ3) is 4.97. The van der Waals surface area contributed by atoms with Crippen LogP contribution in [0.15, 0.2) is 29.2 Å². The Morgan fingerprint density at radius 1 is 1.23 bits per heavy atom. The van der Waals surface area contributed by atoms with Gasteiger partial charge in [0.25, 0.3) is 0 Å². The van der Waals surface area contributed by atoms with Crippen molar-refractivity contribution in [3.63, 3.8) is 0 Å². The number of nitrogens with one attached hydrogen (secondary N) is 2. The zero-order chi connectivity index (χ0) is 15.5. The van der Waals surface area contributed by atoms with Gasteiger partial charge in [0.15, 0.2) is 9.84 Å². The first-order valence-electron chi connectivity index (χ1n) is 7.19. The van der Waals surface area contributed by atoms with Crippen LogP contribution in [0.25, 0.3) is 0 Å². The Kier molecular flexibility index (Phi) is 6.84. The van der Waals surface area contributed by atoms with Crippen molar-refractivity contribution < 1.29 is 13.2 Å². The lowest BCUT2D eigenvalue weighted by molar-refractivity contribution is -0.126. The summed E-state index contributed by atoms with van der Waals surface area (Å²) < 4.78 is 22.8. The summed E-state index contributed by atoms with van der Waals surface area (Å²) in [5.74, 6) is 0.153. The zero-order valence-corrected chi connectivity index (χ0v) is 14.5. The molecule has 5 nitrogen and oxygen atoms in total. The second-order valence-electron chi connectivity index (χ2n) is 5.60. The Hall–Kier alpha value is -1.11. The number of piperidine rings is 1. The van der Waals surface area contributed by atoms with Gasteiger partial charge in [0, 0.05) is 12.2 Å². The summed E-state index contributed by atoms with van der Waals surface area (Å²) in [5, 5.41) is 6.25. The van der Waals surface area contributed by atoms with E-state index in [-0.39, 0.29) is 30.3 Å². The van der Waals surface area contributed by atoms with Crippen LogP contribution < -0.4 is 10.6 Å². The molecule has 0 bridgehead atoms. The molecule has 1 saturated heterocycles.